The highest BCUT2D eigenvalue weighted by atomic mass is 32.1. The first kappa shape index (κ1) is 15.0. The average molecular weight is 318 g/mol. The number of anilines is 2. The number of hydrogen-bond acceptors (Lipinski definition) is 5. The van der Waals surface area contributed by atoms with E-state index in [2.05, 4.69) is 20.8 Å². The molecule has 21 heavy (non-hydrogen) atoms. The summed E-state index contributed by atoms with van der Waals surface area (Å²) in [7, 11) is 1.50. The van der Waals surface area contributed by atoms with E-state index in [0.717, 1.165) is 0 Å². The molecule has 0 radical (unpaired) electrons. The van der Waals surface area contributed by atoms with Gasteiger partial charge in [0.05, 0.1) is 7.11 Å². The summed E-state index contributed by atoms with van der Waals surface area (Å²) < 4.78 is 41.9. The van der Waals surface area contributed by atoms with Crippen LogP contribution in [0.25, 0.3) is 0 Å². The molecule has 0 bridgehead atoms. The van der Waals surface area contributed by atoms with Gasteiger partial charge in [0.1, 0.15) is 5.75 Å². The predicted molar refractivity (Wildman–Crippen MR) is 70.5 cm³/mol. The first-order valence-electron chi connectivity index (χ1n) is 5.51. The number of carbonyl (C=O) groups excluding carboxylic acids is 1. The molecule has 0 aliphatic carbocycles. The van der Waals surface area contributed by atoms with Crippen LogP contribution in [0.2, 0.25) is 0 Å². The Morgan fingerprint density at radius 1 is 1.19 bits per heavy atom. The molecule has 0 saturated carbocycles. The molecule has 0 unspecified atom stereocenters. The SMILES string of the molecule is COc1ccc(NC(=O)Nc2nnc(C(F)(F)F)s2)cc1. The van der Waals surface area contributed by atoms with Crippen LogP contribution in [0.15, 0.2) is 24.3 Å². The van der Waals surface area contributed by atoms with Crippen molar-refractivity contribution in [3.63, 3.8) is 0 Å². The smallest absolute Gasteiger partial charge is 0.445 e. The van der Waals surface area contributed by atoms with E-state index in [-0.39, 0.29) is 16.5 Å². The number of carbonyl (C=O) groups is 1. The highest BCUT2D eigenvalue weighted by Crippen LogP contribution is 2.32. The molecule has 1 heterocycles. The molecule has 2 amide bonds. The largest absolute Gasteiger partial charge is 0.497 e. The van der Waals surface area contributed by atoms with Gasteiger partial charge in [0.25, 0.3) is 0 Å². The molecule has 0 atom stereocenters. The van der Waals surface area contributed by atoms with Gasteiger partial charge in [-0.1, -0.05) is 11.3 Å². The highest BCUT2D eigenvalue weighted by molar-refractivity contribution is 7.15. The molecule has 10 heteroatoms. The Morgan fingerprint density at radius 2 is 1.86 bits per heavy atom. The number of benzene rings is 1. The molecule has 0 spiro atoms. The molecule has 0 aliphatic heterocycles. The van der Waals surface area contributed by atoms with Gasteiger partial charge in [0.2, 0.25) is 10.1 Å². The number of nitrogens with one attached hydrogen (secondary N) is 2. The average Bonchev–Trinajstić information content (AvgIpc) is 2.88. The number of ether oxygens (including phenoxy) is 1. The zero-order valence-corrected chi connectivity index (χ0v) is 11.4. The van der Waals surface area contributed by atoms with Crippen LogP contribution < -0.4 is 15.4 Å². The van der Waals surface area contributed by atoms with Crippen molar-refractivity contribution in [2.45, 2.75) is 6.18 Å². The lowest BCUT2D eigenvalue weighted by molar-refractivity contribution is -0.138. The molecule has 1 aromatic heterocycles. The van der Waals surface area contributed by atoms with Crippen molar-refractivity contribution in [1.29, 1.82) is 0 Å². The molecular formula is C11H9F3N4O2S. The lowest BCUT2D eigenvalue weighted by atomic mass is 10.3. The lowest BCUT2D eigenvalue weighted by Crippen LogP contribution is -2.19. The summed E-state index contributed by atoms with van der Waals surface area (Å²) in [6.45, 7) is 0. The van der Waals surface area contributed by atoms with Crippen LogP contribution in [0.4, 0.5) is 28.8 Å². The van der Waals surface area contributed by atoms with Crippen molar-refractivity contribution in [1.82, 2.24) is 10.2 Å². The summed E-state index contributed by atoms with van der Waals surface area (Å²) >= 11 is 0.246. The summed E-state index contributed by atoms with van der Waals surface area (Å²) in [6.07, 6.45) is -4.58. The van der Waals surface area contributed by atoms with E-state index in [1.807, 2.05) is 0 Å². The fourth-order valence-corrected chi connectivity index (χ4v) is 1.93. The van der Waals surface area contributed by atoms with Crippen molar-refractivity contribution in [2.75, 3.05) is 17.7 Å². The minimum absolute atomic E-state index is 0.242. The van der Waals surface area contributed by atoms with Crippen molar-refractivity contribution < 1.29 is 22.7 Å². The monoisotopic (exact) mass is 318 g/mol. The van der Waals surface area contributed by atoms with E-state index in [9.17, 15) is 18.0 Å². The minimum atomic E-state index is -4.58. The van der Waals surface area contributed by atoms with Crippen molar-refractivity contribution in [2.24, 2.45) is 0 Å². The lowest BCUT2D eigenvalue weighted by Gasteiger charge is -2.06. The van der Waals surface area contributed by atoms with Crippen LogP contribution >= 0.6 is 11.3 Å². The first-order valence-corrected chi connectivity index (χ1v) is 6.33. The number of halogens is 3. The van der Waals surface area contributed by atoms with E-state index in [1.54, 1.807) is 24.3 Å². The number of aromatic nitrogens is 2. The number of rotatable bonds is 3. The maximum atomic E-state index is 12.3. The fraction of sp³-hybridized carbons (Fsp3) is 0.182. The molecule has 0 aliphatic rings. The molecule has 0 fully saturated rings. The number of amides is 2. The number of hydrogen-bond donors (Lipinski definition) is 2. The molecule has 2 aromatic rings. The van der Waals surface area contributed by atoms with Crippen LogP contribution in [0.3, 0.4) is 0 Å². The molecule has 2 N–H and O–H groups in total. The molecule has 1 aromatic carbocycles. The van der Waals surface area contributed by atoms with E-state index >= 15 is 0 Å². The van der Waals surface area contributed by atoms with Gasteiger partial charge in [-0.05, 0) is 24.3 Å². The van der Waals surface area contributed by atoms with Crippen LogP contribution in [-0.2, 0) is 6.18 Å². The molecule has 2 rings (SSSR count). The summed E-state index contributed by atoms with van der Waals surface area (Å²) in [6, 6.07) is 5.70. The van der Waals surface area contributed by atoms with Crippen molar-refractivity contribution >= 4 is 28.2 Å². The zero-order chi connectivity index (χ0) is 15.5. The Kier molecular flexibility index (Phi) is 4.26. The highest BCUT2D eigenvalue weighted by Gasteiger charge is 2.35. The normalized spacial score (nSPS) is 11.0. The predicted octanol–water partition coefficient (Wildman–Crippen LogP) is 3.21. The van der Waals surface area contributed by atoms with Gasteiger partial charge in [-0.15, -0.1) is 10.2 Å². The number of urea groups is 1. The van der Waals surface area contributed by atoms with Crippen LogP contribution in [0, 0.1) is 0 Å². The Hall–Kier alpha value is -2.36. The zero-order valence-electron chi connectivity index (χ0n) is 10.6. The standard InChI is InChI=1S/C11H9F3N4O2S/c1-20-7-4-2-6(3-5-7)15-9(19)16-10-18-17-8(21-10)11(12,13)14/h2-5H,1H3,(H2,15,16,18,19). The first-order chi connectivity index (χ1) is 9.88. The number of alkyl halides is 3. The quantitative estimate of drug-likeness (QED) is 0.911. The van der Waals surface area contributed by atoms with Crippen molar-refractivity contribution in [3.05, 3.63) is 29.3 Å². The van der Waals surface area contributed by atoms with Crippen LogP contribution in [0.1, 0.15) is 5.01 Å². The minimum Gasteiger partial charge on any atom is -0.497 e. The summed E-state index contributed by atoms with van der Waals surface area (Å²) in [5.74, 6) is 0.611. The Balaban J connectivity index is 1.96. The van der Waals surface area contributed by atoms with Gasteiger partial charge in [0, 0.05) is 5.69 Å². The van der Waals surface area contributed by atoms with Gasteiger partial charge in [0.15, 0.2) is 0 Å². The maximum absolute atomic E-state index is 12.3. The number of methoxy groups -OCH3 is 1. The molecule has 6 nitrogen and oxygen atoms in total. The van der Waals surface area contributed by atoms with E-state index in [4.69, 9.17) is 4.74 Å². The van der Waals surface area contributed by atoms with Gasteiger partial charge in [-0.25, -0.2) is 4.79 Å². The number of nitrogens with zero attached hydrogens (tertiary/aromatic N) is 2. The second-order valence-electron chi connectivity index (χ2n) is 3.72. The Labute approximate surface area is 121 Å². The van der Waals surface area contributed by atoms with E-state index in [1.165, 1.54) is 7.11 Å². The summed E-state index contributed by atoms with van der Waals surface area (Å²) in [5.41, 5.74) is 0.453. The topological polar surface area (TPSA) is 76.1 Å². The van der Waals surface area contributed by atoms with Gasteiger partial charge in [-0.3, -0.25) is 5.32 Å². The van der Waals surface area contributed by atoms with Gasteiger partial charge in [-0.2, -0.15) is 13.2 Å². The Morgan fingerprint density at radius 3 is 2.38 bits per heavy atom. The molecule has 0 saturated heterocycles. The third-order valence-corrected chi connectivity index (χ3v) is 3.12. The van der Waals surface area contributed by atoms with Gasteiger partial charge >= 0.3 is 12.2 Å². The second-order valence-corrected chi connectivity index (χ2v) is 4.70. The third kappa shape index (κ3) is 4.05. The fourth-order valence-electron chi connectivity index (χ4n) is 1.32. The molecular weight excluding hydrogens is 309 g/mol. The summed E-state index contributed by atoms with van der Waals surface area (Å²) in [5, 5.41) is 9.45. The van der Waals surface area contributed by atoms with Crippen LogP contribution in [0.5, 0.6) is 5.75 Å². The van der Waals surface area contributed by atoms with Gasteiger partial charge < -0.3 is 10.1 Å². The second kappa shape index (κ2) is 5.95. The van der Waals surface area contributed by atoms with Crippen LogP contribution in [-0.4, -0.2) is 23.3 Å². The summed E-state index contributed by atoms with van der Waals surface area (Å²) in [4.78, 5) is 11.6. The van der Waals surface area contributed by atoms with E-state index < -0.39 is 17.2 Å². The maximum Gasteiger partial charge on any atom is 0.445 e. The Bertz CT molecular complexity index is 627. The third-order valence-electron chi connectivity index (χ3n) is 2.24. The molecule has 112 valence electrons. The van der Waals surface area contributed by atoms with E-state index in [0.29, 0.717) is 11.4 Å². The van der Waals surface area contributed by atoms with Crippen molar-refractivity contribution in [3.8, 4) is 5.75 Å².